The van der Waals surface area contributed by atoms with Crippen molar-refractivity contribution in [1.29, 1.82) is 0 Å². The van der Waals surface area contributed by atoms with Crippen molar-refractivity contribution in [2.24, 2.45) is 0 Å². The molecule has 1 saturated carbocycles. The number of nitrogens with zero attached hydrogens (tertiary/aromatic N) is 1. The van der Waals surface area contributed by atoms with Crippen LogP contribution in [0, 0.1) is 6.92 Å². The number of aromatic nitrogens is 1. The summed E-state index contributed by atoms with van der Waals surface area (Å²) < 4.78 is 4.85. The molecule has 0 bridgehead atoms. The predicted molar refractivity (Wildman–Crippen MR) is 59.2 cm³/mol. The molecule has 0 unspecified atom stereocenters. The quantitative estimate of drug-likeness (QED) is 0.702. The Morgan fingerprint density at radius 2 is 2.38 bits per heavy atom. The van der Waals surface area contributed by atoms with E-state index >= 15 is 0 Å². The van der Waals surface area contributed by atoms with Gasteiger partial charge in [0.1, 0.15) is 0 Å². The summed E-state index contributed by atoms with van der Waals surface area (Å²) in [5.41, 5.74) is 0.723. The van der Waals surface area contributed by atoms with Crippen molar-refractivity contribution in [3.8, 4) is 0 Å². The molecular weight excluding hydrogens is 206 g/mol. The van der Waals surface area contributed by atoms with E-state index in [9.17, 15) is 4.79 Å². The lowest BCUT2D eigenvalue weighted by atomic mass is 10.3. The van der Waals surface area contributed by atoms with E-state index in [1.165, 1.54) is 12.8 Å². The lowest BCUT2D eigenvalue weighted by Crippen LogP contribution is -2.27. The van der Waals surface area contributed by atoms with Gasteiger partial charge in [0.15, 0.2) is 0 Å². The van der Waals surface area contributed by atoms with Crippen LogP contribution < -0.4 is 10.6 Å². The Bertz CT molecular complexity index is 358. The van der Waals surface area contributed by atoms with Crippen LogP contribution in [0.1, 0.15) is 35.5 Å². The number of rotatable bonds is 6. The molecule has 16 heavy (non-hydrogen) atoms. The van der Waals surface area contributed by atoms with Gasteiger partial charge in [-0.3, -0.25) is 4.79 Å². The van der Waals surface area contributed by atoms with Crippen molar-refractivity contribution in [3.63, 3.8) is 0 Å². The average molecular weight is 223 g/mol. The van der Waals surface area contributed by atoms with Gasteiger partial charge in [0.05, 0.1) is 5.69 Å². The number of amides is 1. The molecule has 1 aliphatic rings. The van der Waals surface area contributed by atoms with E-state index in [1.807, 2.05) is 0 Å². The highest BCUT2D eigenvalue weighted by Gasteiger charge is 2.19. The molecule has 1 fully saturated rings. The van der Waals surface area contributed by atoms with Crippen molar-refractivity contribution >= 4 is 5.91 Å². The van der Waals surface area contributed by atoms with E-state index in [-0.39, 0.29) is 11.7 Å². The first-order chi connectivity index (χ1) is 7.75. The first-order valence-electron chi connectivity index (χ1n) is 5.70. The Morgan fingerprint density at radius 1 is 1.56 bits per heavy atom. The minimum Gasteiger partial charge on any atom is -0.351 e. The summed E-state index contributed by atoms with van der Waals surface area (Å²) in [6.07, 6.45) is 3.53. The summed E-state index contributed by atoms with van der Waals surface area (Å²) in [7, 11) is 0. The maximum atomic E-state index is 11.5. The van der Waals surface area contributed by atoms with Crippen molar-refractivity contribution in [2.75, 3.05) is 13.1 Å². The fraction of sp³-hybridized carbons (Fsp3) is 0.636. The summed E-state index contributed by atoms with van der Waals surface area (Å²) >= 11 is 0. The second-order valence-electron chi connectivity index (χ2n) is 4.17. The van der Waals surface area contributed by atoms with Gasteiger partial charge in [-0.05, 0) is 32.7 Å². The molecule has 2 rings (SSSR count). The molecule has 0 spiro atoms. The van der Waals surface area contributed by atoms with Gasteiger partial charge in [0.2, 0.25) is 5.76 Å². The Balaban J connectivity index is 1.59. The molecule has 2 N–H and O–H groups in total. The second kappa shape index (κ2) is 5.12. The highest BCUT2D eigenvalue weighted by Crippen LogP contribution is 2.18. The van der Waals surface area contributed by atoms with E-state index in [0.29, 0.717) is 6.54 Å². The lowest BCUT2D eigenvalue weighted by Gasteiger charge is -2.03. The Kier molecular flexibility index (Phi) is 3.56. The van der Waals surface area contributed by atoms with Crippen LogP contribution in [0.25, 0.3) is 0 Å². The highest BCUT2D eigenvalue weighted by atomic mass is 16.5. The minimum atomic E-state index is -0.188. The van der Waals surface area contributed by atoms with Gasteiger partial charge >= 0.3 is 0 Å². The van der Waals surface area contributed by atoms with Crippen molar-refractivity contribution in [1.82, 2.24) is 15.8 Å². The van der Waals surface area contributed by atoms with Gasteiger partial charge in [-0.1, -0.05) is 5.16 Å². The maximum absolute atomic E-state index is 11.5. The number of carbonyl (C=O) groups is 1. The Hall–Kier alpha value is -1.36. The molecule has 1 aliphatic carbocycles. The fourth-order valence-electron chi connectivity index (χ4n) is 1.44. The van der Waals surface area contributed by atoms with Crippen LogP contribution in [0.15, 0.2) is 10.6 Å². The third-order valence-corrected chi connectivity index (χ3v) is 2.50. The van der Waals surface area contributed by atoms with E-state index < -0.39 is 0 Å². The molecule has 1 aromatic rings. The van der Waals surface area contributed by atoms with Gasteiger partial charge in [0, 0.05) is 18.7 Å². The minimum absolute atomic E-state index is 0.188. The first-order valence-corrected chi connectivity index (χ1v) is 5.70. The highest BCUT2D eigenvalue weighted by molar-refractivity contribution is 5.91. The molecule has 0 saturated heterocycles. The topological polar surface area (TPSA) is 67.2 Å². The number of hydrogen-bond donors (Lipinski definition) is 2. The predicted octanol–water partition coefficient (Wildman–Crippen LogP) is 0.855. The third kappa shape index (κ3) is 3.34. The zero-order valence-electron chi connectivity index (χ0n) is 9.45. The summed E-state index contributed by atoms with van der Waals surface area (Å²) in [4.78, 5) is 11.5. The Labute approximate surface area is 94.6 Å². The summed E-state index contributed by atoms with van der Waals surface area (Å²) in [5.74, 6) is 0.0969. The van der Waals surface area contributed by atoms with E-state index in [1.54, 1.807) is 13.0 Å². The summed E-state index contributed by atoms with van der Waals surface area (Å²) in [6.45, 7) is 3.42. The molecule has 0 aromatic carbocycles. The van der Waals surface area contributed by atoms with Crippen LogP contribution in [-0.2, 0) is 0 Å². The van der Waals surface area contributed by atoms with Crippen LogP contribution in [0.4, 0.5) is 0 Å². The monoisotopic (exact) mass is 223 g/mol. The molecule has 0 atom stereocenters. The third-order valence-electron chi connectivity index (χ3n) is 2.50. The number of hydrogen-bond acceptors (Lipinski definition) is 4. The zero-order valence-corrected chi connectivity index (χ0v) is 9.45. The molecule has 1 amide bonds. The van der Waals surface area contributed by atoms with Crippen LogP contribution in [0.5, 0.6) is 0 Å². The van der Waals surface area contributed by atoms with Crippen molar-refractivity contribution < 1.29 is 9.32 Å². The normalized spacial score (nSPS) is 15.1. The van der Waals surface area contributed by atoms with Gasteiger partial charge in [-0.15, -0.1) is 0 Å². The summed E-state index contributed by atoms with van der Waals surface area (Å²) in [5, 5.41) is 9.85. The maximum Gasteiger partial charge on any atom is 0.289 e. The second-order valence-corrected chi connectivity index (χ2v) is 4.17. The molecular formula is C11H17N3O2. The van der Waals surface area contributed by atoms with E-state index in [4.69, 9.17) is 4.52 Å². The molecule has 0 radical (unpaired) electrons. The van der Waals surface area contributed by atoms with Crippen LogP contribution in [0.2, 0.25) is 0 Å². The molecule has 88 valence electrons. The number of nitrogens with one attached hydrogen (secondary N) is 2. The van der Waals surface area contributed by atoms with Crippen molar-refractivity contribution in [2.45, 2.75) is 32.2 Å². The van der Waals surface area contributed by atoms with Crippen molar-refractivity contribution in [3.05, 3.63) is 17.5 Å². The largest absolute Gasteiger partial charge is 0.351 e. The lowest BCUT2D eigenvalue weighted by molar-refractivity contribution is 0.0916. The van der Waals surface area contributed by atoms with Gasteiger partial charge in [-0.2, -0.15) is 0 Å². The molecule has 0 aliphatic heterocycles. The van der Waals surface area contributed by atoms with Crippen LogP contribution in [0.3, 0.4) is 0 Å². The summed E-state index contributed by atoms with van der Waals surface area (Å²) in [6, 6.07) is 2.37. The molecule has 1 aromatic heterocycles. The number of carbonyl (C=O) groups excluding carboxylic acids is 1. The van der Waals surface area contributed by atoms with Gasteiger partial charge < -0.3 is 15.2 Å². The van der Waals surface area contributed by atoms with Gasteiger partial charge in [0.25, 0.3) is 5.91 Å². The zero-order chi connectivity index (χ0) is 11.4. The average Bonchev–Trinajstić information content (AvgIpc) is 2.99. The number of aryl methyl sites for hydroxylation is 1. The molecule has 5 nitrogen and oxygen atoms in total. The van der Waals surface area contributed by atoms with E-state index in [2.05, 4.69) is 15.8 Å². The first kappa shape index (κ1) is 11.1. The SMILES string of the molecule is Cc1cc(C(=O)NCCCNC2CC2)on1. The molecule has 5 heteroatoms. The molecule has 1 heterocycles. The fourth-order valence-corrected chi connectivity index (χ4v) is 1.44. The van der Waals surface area contributed by atoms with Crippen LogP contribution >= 0.6 is 0 Å². The van der Waals surface area contributed by atoms with E-state index in [0.717, 1.165) is 24.7 Å². The Morgan fingerprint density at radius 3 is 3.00 bits per heavy atom. The smallest absolute Gasteiger partial charge is 0.289 e. The van der Waals surface area contributed by atoms with Crippen LogP contribution in [-0.4, -0.2) is 30.2 Å². The van der Waals surface area contributed by atoms with Gasteiger partial charge in [-0.25, -0.2) is 0 Å². The standard InChI is InChI=1S/C11H17N3O2/c1-8-7-10(16-14-8)11(15)13-6-2-5-12-9-3-4-9/h7,9,12H,2-6H2,1H3,(H,13,15).